The summed E-state index contributed by atoms with van der Waals surface area (Å²) < 4.78 is 0. The van der Waals surface area contributed by atoms with Gasteiger partial charge in [-0.2, -0.15) is 0 Å². The largest absolute Gasteiger partial charge is 0.356 e. The second kappa shape index (κ2) is 7.98. The van der Waals surface area contributed by atoms with E-state index in [2.05, 4.69) is 29.5 Å². The van der Waals surface area contributed by atoms with Gasteiger partial charge in [0.25, 0.3) is 0 Å². The number of hydrogen-bond acceptors (Lipinski definition) is 1. The Labute approximate surface area is 115 Å². The average molecular weight is 268 g/mol. The molecule has 0 heterocycles. The van der Waals surface area contributed by atoms with Crippen LogP contribution in [0.3, 0.4) is 0 Å². The molecule has 0 atom stereocenters. The summed E-state index contributed by atoms with van der Waals surface area (Å²) in [6, 6.07) is 7.92. The summed E-state index contributed by atoms with van der Waals surface area (Å²) in [7, 11) is 1.78. The van der Waals surface area contributed by atoms with Crippen molar-refractivity contribution in [1.29, 1.82) is 0 Å². The van der Waals surface area contributed by atoms with Gasteiger partial charge >= 0.3 is 0 Å². The fourth-order valence-electron chi connectivity index (χ4n) is 1.54. The lowest BCUT2D eigenvalue weighted by molar-refractivity contribution is 0.614. The number of guanidine groups is 1. The first kappa shape index (κ1) is 14.8. The van der Waals surface area contributed by atoms with Gasteiger partial charge in [-0.05, 0) is 24.0 Å². The van der Waals surface area contributed by atoms with E-state index in [4.69, 9.17) is 11.6 Å². The van der Waals surface area contributed by atoms with Crippen molar-refractivity contribution in [2.24, 2.45) is 10.9 Å². The van der Waals surface area contributed by atoms with E-state index in [1.54, 1.807) is 7.05 Å². The molecular formula is C14H22ClN3. The molecule has 0 spiro atoms. The predicted octanol–water partition coefficient (Wildman–Crippen LogP) is 2.70. The monoisotopic (exact) mass is 267 g/mol. The summed E-state index contributed by atoms with van der Waals surface area (Å²) in [5.41, 5.74) is 1.16. The third-order valence-electron chi connectivity index (χ3n) is 2.55. The van der Waals surface area contributed by atoms with Crippen LogP contribution in [-0.4, -0.2) is 26.1 Å². The third kappa shape index (κ3) is 5.41. The highest BCUT2D eigenvalue weighted by Gasteiger charge is 2.01. The molecule has 2 N–H and O–H groups in total. The van der Waals surface area contributed by atoms with E-state index in [0.29, 0.717) is 5.92 Å². The summed E-state index contributed by atoms with van der Waals surface area (Å²) in [5, 5.41) is 7.38. The van der Waals surface area contributed by atoms with Crippen LogP contribution in [0.5, 0.6) is 0 Å². The molecule has 0 fully saturated rings. The number of aliphatic imine (C=N–C) groups is 1. The topological polar surface area (TPSA) is 36.4 Å². The highest BCUT2D eigenvalue weighted by atomic mass is 35.5. The van der Waals surface area contributed by atoms with Crippen LogP contribution in [0.15, 0.2) is 29.3 Å². The van der Waals surface area contributed by atoms with Gasteiger partial charge in [-0.25, -0.2) is 0 Å². The standard InChI is InChI=1S/C14H22ClN3/c1-11(2)10-18-14(16-3)17-9-8-12-6-4-5-7-13(12)15/h4-7,11H,8-10H2,1-3H3,(H2,16,17,18). The fraction of sp³-hybridized carbons (Fsp3) is 0.500. The minimum absolute atomic E-state index is 0.604. The molecule has 18 heavy (non-hydrogen) atoms. The van der Waals surface area contributed by atoms with Crippen molar-refractivity contribution in [2.75, 3.05) is 20.1 Å². The maximum Gasteiger partial charge on any atom is 0.190 e. The van der Waals surface area contributed by atoms with Crippen LogP contribution in [0.2, 0.25) is 5.02 Å². The third-order valence-corrected chi connectivity index (χ3v) is 2.91. The van der Waals surface area contributed by atoms with Gasteiger partial charge in [0.05, 0.1) is 0 Å². The van der Waals surface area contributed by atoms with Crippen LogP contribution in [-0.2, 0) is 6.42 Å². The Morgan fingerprint density at radius 3 is 2.61 bits per heavy atom. The van der Waals surface area contributed by atoms with Gasteiger partial charge < -0.3 is 10.6 Å². The molecule has 0 radical (unpaired) electrons. The van der Waals surface area contributed by atoms with E-state index in [9.17, 15) is 0 Å². The van der Waals surface area contributed by atoms with Gasteiger partial charge in [0.2, 0.25) is 0 Å². The molecule has 0 aromatic heterocycles. The zero-order chi connectivity index (χ0) is 13.4. The van der Waals surface area contributed by atoms with Crippen LogP contribution in [0.25, 0.3) is 0 Å². The Bertz CT molecular complexity index is 388. The molecule has 0 aliphatic heterocycles. The lowest BCUT2D eigenvalue weighted by Crippen LogP contribution is -2.39. The maximum absolute atomic E-state index is 6.10. The molecule has 0 aliphatic carbocycles. The Kier molecular flexibility index (Phi) is 6.58. The van der Waals surface area contributed by atoms with Crippen molar-refractivity contribution >= 4 is 17.6 Å². The maximum atomic E-state index is 6.10. The van der Waals surface area contributed by atoms with Crippen LogP contribution in [0, 0.1) is 5.92 Å². The van der Waals surface area contributed by atoms with Crippen molar-refractivity contribution in [3.63, 3.8) is 0 Å². The van der Waals surface area contributed by atoms with Gasteiger partial charge in [-0.1, -0.05) is 43.6 Å². The second-order valence-electron chi connectivity index (χ2n) is 4.62. The summed E-state index contributed by atoms with van der Waals surface area (Å²) >= 11 is 6.10. The summed E-state index contributed by atoms with van der Waals surface area (Å²) in [6.45, 7) is 6.08. The lowest BCUT2D eigenvalue weighted by atomic mass is 10.1. The molecule has 0 aliphatic rings. The Balaban J connectivity index is 2.34. The molecule has 1 aromatic rings. The normalized spacial score (nSPS) is 11.7. The van der Waals surface area contributed by atoms with Crippen molar-refractivity contribution in [1.82, 2.24) is 10.6 Å². The Hall–Kier alpha value is -1.22. The van der Waals surface area contributed by atoms with E-state index in [1.807, 2.05) is 24.3 Å². The van der Waals surface area contributed by atoms with Crippen LogP contribution in [0.4, 0.5) is 0 Å². The SMILES string of the molecule is CN=C(NCCc1ccccc1Cl)NCC(C)C. The first-order chi connectivity index (χ1) is 8.63. The minimum atomic E-state index is 0.604. The summed E-state index contributed by atoms with van der Waals surface area (Å²) in [4.78, 5) is 4.18. The fourth-order valence-corrected chi connectivity index (χ4v) is 1.77. The zero-order valence-electron chi connectivity index (χ0n) is 11.3. The molecule has 0 saturated heterocycles. The smallest absolute Gasteiger partial charge is 0.190 e. The van der Waals surface area contributed by atoms with Gasteiger partial charge in [0.15, 0.2) is 5.96 Å². The zero-order valence-corrected chi connectivity index (χ0v) is 12.1. The summed E-state index contributed by atoms with van der Waals surface area (Å²) in [6.07, 6.45) is 0.891. The molecular weight excluding hydrogens is 246 g/mol. The molecule has 0 bridgehead atoms. The van der Waals surface area contributed by atoms with E-state index in [1.165, 1.54) is 0 Å². The lowest BCUT2D eigenvalue weighted by Gasteiger charge is -2.13. The van der Waals surface area contributed by atoms with Crippen molar-refractivity contribution in [3.05, 3.63) is 34.9 Å². The highest BCUT2D eigenvalue weighted by Crippen LogP contribution is 2.14. The first-order valence-corrected chi connectivity index (χ1v) is 6.69. The van der Waals surface area contributed by atoms with Gasteiger partial charge in [0, 0.05) is 25.2 Å². The molecule has 4 heteroatoms. The van der Waals surface area contributed by atoms with E-state index < -0.39 is 0 Å². The molecule has 0 saturated carbocycles. The van der Waals surface area contributed by atoms with Crippen molar-refractivity contribution in [2.45, 2.75) is 20.3 Å². The van der Waals surface area contributed by atoms with Crippen molar-refractivity contribution < 1.29 is 0 Å². The predicted molar refractivity (Wildman–Crippen MR) is 79.4 cm³/mol. The Morgan fingerprint density at radius 2 is 2.00 bits per heavy atom. The molecule has 1 rings (SSSR count). The van der Waals surface area contributed by atoms with Gasteiger partial charge in [-0.3, -0.25) is 4.99 Å². The number of benzene rings is 1. The van der Waals surface area contributed by atoms with Gasteiger partial charge in [0.1, 0.15) is 0 Å². The Morgan fingerprint density at radius 1 is 1.28 bits per heavy atom. The van der Waals surface area contributed by atoms with E-state index in [0.717, 1.165) is 36.1 Å². The number of rotatable bonds is 5. The average Bonchev–Trinajstić information content (AvgIpc) is 2.35. The molecule has 3 nitrogen and oxygen atoms in total. The first-order valence-electron chi connectivity index (χ1n) is 6.31. The molecule has 0 unspecified atom stereocenters. The number of nitrogens with one attached hydrogen (secondary N) is 2. The van der Waals surface area contributed by atoms with Crippen LogP contribution >= 0.6 is 11.6 Å². The van der Waals surface area contributed by atoms with E-state index in [-0.39, 0.29) is 0 Å². The van der Waals surface area contributed by atoms with Gasteiger partial charge in [-0.15, -0.1) is 0 Å². The molecule has 1 aromatic carbocycles. The minimum Gasteiger partial charge on any atom is -0.356 e. The number of hydrogen-bond donors (Lipinski definition) is 2. The summed E-state index contributed by atoms with van der Waals surface area (Å²) in [5.74, 6) is 1.45. The van der Waals surface area contributed by atoms with Crippen LogP contribution < -0.4 is 10.6 Å². The number of halogens is 1. The second-order valence-corrected chi connectivity index (χ2v) is 5.02. The quantitative estimate of drug-likeness (QED) is 0.636. The molecule has 100 valence electrons. The highest BCUT2D eigenvalue weighted by molar-refractivity contribution is 6.31. The molecule has 0 amide bonds. The van der Waals surface area contributed by atoms with Crippen molar-refractivity contribution in [3.8, 4) is 0 Å². The van der Waals surface area contributed by atoms with E-state index >= 15 is 0 Å². The van der Waals surface area contributed by atoms with Crippen LogP contribution in [0.1, 0.15) is 19.4 Å². The number of nitrogens with zero attached hydrogens (tertiary/aromatic N) is 1.